The molecule has 1 heterocycles. The number of alkyl halides is 2. The second kappa shape index (κ2) is 5.98. The second-order valence-electron chi connectivity index (χ2n) is 3.80. The van der Waals surface area contributed by atoms with Crippen molar-refractivity contribution in [3.05, 3.63) is 58.7 Å². The molecule has 0 saturated carbocycles. The van der Waals surface area contributed by atoms with Crippen LogP contribution in [0.3, 0.4) is 0 Å². The maximum absolute atomic E-state index is 10.3. The lowest BCUT2D eigenvalue weighted by Crippen LogP contribution is -2.30. The highest BCUT2D eigenvalue weighted by atomic mass is 35.5. The lowest BCUT2D eigenvalue weighted by molar-refractivity contribution is -0.711. The lowest BCUT2D eigenvalue weighted by Gasteiger charge is -2.22. The summed E-state index contributed by atoms with van der Waals surface area (Å²) in [6.45, 7) is 0. The van der Waals surface area contributed by atoms with Crippen molar-refractivity contribution >= 4 is 28.9 Å². The Labute approximate surface area is 128 Å². The average Bonchev–Trinajstić information content (AvgIpc) is 2.93. The second-order valence-corrected chi connectivity index (χ2v) is 5.09. The molecule has 0 spiro atoms. The summed E-state index contributed by atoms with van der Waals surface area (Å²) >= 11 is 12.4. The van der Waals surface area contributed by atoms with Gasteiger partial charge in [-0.3, -0.25) is 9.40 Å². The molecular formula is C11H8Cl2N4O4. The van der Waals surface area contributed by atoms with Crippen LogP contribution in [0.4, 0.5) is 0 Å². The molecule has 110 valence electrons. The van der Waals surface area contributed by atoms with Crippen LogP contribution in [0.1, 0.15) is 5.56 Å². The highest BCUT2D eigenvalue weighted by molar-refractivity contribution is 6.57. The Hall–Kier alpha value is -2.32. The van der Waals surface area contributed by atoms with Crippen LogP contribution in [0.5, 0.6) is 5.75 Å². The van der Waals surface area contributed by atoms with Gasteiger partial charge in [0.15, 0.2) is 0 Å². The van der Waals surface area contributed by atoms with E-state index in [4.69, 9.17) is 23.2 Å². The molecule has 0 amide bonds. The Morgan fingerprint density at radius 1 is 1.52 bits per heavy atom. The van der Waals surface area contributed by atoms with Gasteiger partial charge in [-0.15, -0.1) is 10.1 Å². The number of halogens is 2. The van der Waals surface area contributed by atoms with Crippen LogP contribution >= 0.6 is 23.2 Å². The van der Waals surface area contributed by atoms with Crippen molar-refractivity contribution in [3.63, 3.8) is 0 Å². The first kappa shape index (κ1) is 15.1. The summed E-state index contributed by atoms with van der Waals surface area (Å²) in [6, 6.07) is 5.62. The number of oxime groups is 1. The van der Waals surface area contributed by atoms with Gasteiger partial charge in [-0.05, 0) is 12.1 Å². The van der Waals surface area contributed by atoms with Crippen LogP contribution in [-0.4, -0.2) is 25.6 Å². The molecule has 2 aromatic rings. The normalized spacial score (nSPS) is 12.2. The topological polar surface area (TPSA) is 103 Å². The fourth-order valence-electron chi connectivity index (χ4n) is 1.63. The zero-order valence-corrected chi connectivity index (χ0v) is 11.8. The molecule has 10 heteroatoms. The van der Waals surface area contributed by atoms with Crippen LogP contribution in [-0.2, 0) is 4.46 Å². The van der Waals surface area contributed by atoms with E-state index in [0.29, 0.717) is 0 Å². The molecule has 0 fully saturated rings. The fourth-order valence-corrected chi connectivity index (χ4v) is 2.12. The molecular weight excluding hydrogens is 323 g/mol. The number of rotatable bonds is 5. The summed E-state index contributed by atoms with van der Waals surface area (Å²) in [5.41, 5.74) is 0.105. The minimum absolute atomic E-state index is 0.0617. The van der Waals surface area contributed by atoms with Gasteiger partial charge >= 0.3 is 0 Å². The van der Waals surface area contributed by atoms with Crippen LogP contribution in [0.25, 0.3) is 0 Å². The minimum atomic E-state index is -1.75. The third-order valence-corrected chi connectivity index (χ3v) is 3.25. The number of aromatic nitrogens is 2. The molecule has 2 rings (SSSR count). The van der Waals surface area contributed by atoms with E-state index in [2.05, 4.69) is 15.0 Å². The van der Waals surface area contributed by atoms with Gasteiger partial charge in [-0.1, -0.05) is 40.5 Å². The number of imidazole rings is 1. The Morgan fingerprint density at radius 3 is 2.86 bits per heavy atom. The predicted molar refractivity (Wildman–Crippen MR) is 74.3 cm³/mol. The first-order valence-electron chi connectivity index (χ1n) is 5.46. The summed E-state index contributed by atoms with van der Waals surface area (Å²) in [6.07, 6.45) is 4.26. The quantitative estimate of drug-likeness (QED) is 0.298. The van der Waals surface area contributed by atoms with Crippen molar-refractivity contribution in [3.8, 4) is 5.75 Å². The van der Waals surface area contributed by atoms with Gasteiger partial charge in [0, 0.05) is 18.0 Å². The Kier molecular flexibility index (Phi) is 4.29. The first-order chi connectivity index (χ1) is 9.95. The van der Waals surface area contributed by atoms with Crippen molar-refractivity contribution < 1.29 is 15.1 Å². The predicted octanol–water partition coefficient (Wildman–Crippen LogP) is 2.42. The minimum Gasteiger partial charge on any atom is -0.410 e. The van der Waals surface area contributed by atoms with Gasteiger partial charge in [-0.25, -0.2) is 4.98 Å². The van der Waals surface area contributed by atoms with E-state index in [0.717, 1.165) is 0 Å². The summed E-state index contributed by atoms with van der Waals surface area (Å²) in [7, 11) is 0. The van der Waals surface area contributed by atoms with Gasteiger partial charge in [0.25, 0.3) is 5.09 Å². The summed E-state index contributed by atoms with van der Waals surface area (Å²) in [4.78, 5) is 18.5. The molecule has 8 nitrogen and oxygen atoms in total. The molecule has 0 aliphatic carbocycles. The van der Waals surface area contributed by atoms with E-state index in [9.17, 15) is 15.3 Å². The number of benzene rings is 1. The fraction of sp³-hybridized carbons (Fsp3) is 0.0909. The molecule has 0 bridgehead atoms. The van der Waals surface area contributed by atoms with Crippen LogP contribution in [0, 0.1) is 10.1 Å². The summed E-state index contributed by atoms with van der Waals surface area (Å²) < 4.78 is -0.454. The standard InChI is InChI=1S/C11H8Cl2N4O4/c12-11(13,16-5-4-14-7-16)10(15-18)8-2-1-3-9(6-8)21-17(19)20/h1-7,18H/b15-10+. The maximum Gasteiger partial charge on any atom is 0.299 e. The van der Waals surface area contributed by atoms with Crippen molar-refractivity contribution in [2.24, 2.45) is 5.16 Å². The van der Waals surface area contributed by atoms with Gasteiger partial charge in [0.05, 0.1) is 6.33 Å². The number of nitrogens with zero attached hydrogens (tertiary/aromatic N) is 4. The molecule has 0 atom stereocenters. The SMILES string of the molecule is O=[N+]([O-])Oc1cccc(/C(=N\O)C(Cl)(Cl)n2ccnc2)c1. The first-order valence-corrected chi connectivity index (χ1v) is 6.22. The van der Waals surface area contributed by atoms with E-state index in [1.807, 2.05) is 0 Å². The van der Waals surface area contributed by atoms with E-state index < -0.39 is 9.54 Å². The Morgan fingerprint density at radius 2 is 2.29 bits per heavy atom. The van der Waals surface area contributed by atoms with Crippen molar-refractivity contribution in [1.29, 1.82) is 0 Å². The molecule has 1 aromatic carbocycles. The number of hydrogen-bond acceptors (Lipinski definition) is 6. The number of hydrogen-bond donors (Lipinski definition) is 1. The molecule has 21 heavy (non-hydrogen) atoms. The largest absolute Gasteiger partial charge is 0.410 e. The van der Waals surface area contributed by atoms with Gasteiger partial charge < -0.3 is 5.21 Å². The Balaban J connectivity index is 2.41. The van der Waals surface area contributed by atoms with Gasteiger partial charge in [-0.2, -0.15) is 0 Å². The van der Waals surface area contributed by atoms with Crippen molar-refractivity contribution in [2.75, 3.05) is 0 Å². The third kappa shape index (κ3) is 3.23. The van der Waals surface area contributed by atoms with Gasteiger partial charge in [0.1, 0.15) is 11.5 Å². The van der Waals surface area contributed by atoms with Crippen LogP contribution in [0.2, 0.25) is 0 Å². The molecule has 1 aromatic heterocycles. The third-order valence-electron chi connectivity index (χ3n) is 2.50. The van der Waals surface area contributed by atoms with E-state index >= 15 is 0 Å². The van der Waals surface area contributed by atoms with Gasteiger partial charge in [0.2, 0.25) is 4.46 Å². The maximum atomic E-state index is 10.3. The van der Waals surface area contributed by atoms with Crippen molar-refractivity contribution in [1.82, 2.24) is 9.55 Å². The van der Waals surface area contributed by atoms with Crippen LogP contribution in [0.15, 0.2) is 48.1 Å². The zero-order chi connectivity index (χ0) is 15.5. The van der Waals surface area contributed by atoms with E-state index in [-0.39, 0.29) is 17.0 Å². The molecule has 1 N–H and O–H groups in total. The Bertz CT molecular complexity index is 673. The molecule has 0 aliphatic rings. The average molecular weight is 331 g/mol. The van der Waals surface area contributed by atoms with E-state index in [1.165, 1.54) is 47.6 Å². The lowest BCUT2D eigenvalue weighted by atomic mass is 10.1. The highest BCUT2D eigenvalue weighted by Gasteiger charge is 2.35. The smallest absolute Gasteiger partial charge is 0.299 e. The highest BCUT2D eigenvalue weighted by Crippen LogP contribution is 2.33. The van der Waals surface area contributed by atoms with Crippen molar-refractivity contribution in [2.45, 2.75) is 4.46 Å². The summed E-state index contributed by atoms with van der Waals surface area (Å²) in [5.74, 6) is -0.0617. The monoisotopic (exact) mass is 330 g/mol. The molecule has 0 saturated heterocycles. The molecule has 0 radical (unpaired) electrons. The molecule has 0 aliphatic heterocycles. The van der Waals surface area contributed by atoms with Crippen LogP contribution < -0.4 is 4.84 Å². The van der Waals surface area contributed by atoms with E-state index in [1.54, 1.807) is 0 Å². The molecule has 0 unspecified atom stereocenters. The zero-order valence-electron chi connectivity index (χ0n) is 10.3. The summed E-state index contributed by atoms with van der Waals surface area (Å²) in [5, 5.41) is 21.7.